The standard InChI is InChI=1S/C13H18O4S/c1-11-4-6-13(7-5-11)18(14,15)17-8-2-3-12-9-16-10-12/h4-7,12H,2-3,8-10H2,1H3. The SMILES string of the molecule is Cc1ccc(S(=O)(=O)OCCCC2COC2)cc1. The van der Waals surface area contributed by atoms with Crippen LogP contribution >= 0.6 is 0 Å². The number of hydrogen-bond acceptors (Lipinski definition) is 4. The Morgan fingerprint density at radius 1 is 1.28 bits per heavy atom. The van der Waals surface area contributed by atoms with Crippen LogP contribution in [0.15, 0.2) is 29.2 Å². The van der Waals surface area contributed by atoms with E-state index in [-0.39, 0.29) is 11.5 Å². The van der Waals surface area contributed by atoms with Crippen LogP contribution in [0.3, 0.4) is 0 Å². The molecule has 4 nitrogen and oxygen atoms in total. The molecule has 0 aliphatic carbocycles. The topological polar surface area (TPSA) is 52.6 Å². The molecule has 0 amide bonds. The summed E-state index contributed by atoms with van der Waals surface area (Å²) in [7, 11) is -3.59. The van der Waals surface area contributed by atoms with E-state index < -0.39 is 10.1 Å². The van der Waals surface area contributed by atoms with Gasteiger partial charge in [-0.1, -0.05) is 17.7 Å². The first kappa shape index (κ1) is 13.5. The molecule has 0 radical (unpaired) electrons. The van der Waals surface area contributed by atoms with Crippen molar-refractivity contribution in [2.45, 2.75) is 24.7 Å². The van der Waals surface area contributed by atoms with Crippen molar-refractivity contribution in [1.82, 2.24) is 0 Å². The second kappa shape index (κ2) is 5.82. The van der Waals surface area contributed by atoms with Crippen LogP contribution in [0.4, 0.5) is 0 Å². The van der Waals surface area contributed by atoms with Crippen molar-refractivity contribution >= 4 is 10.1 Å². The highest BCUT2D eigenvalue weighted by molar-refractivity contribution is 7.86. The molecule has 1 fully saturated rings. The van der Waals surface area contributed by atoms with Gasteiger partial charge < -0.3 is 4.74 Å². The lowest BCUT2D eigenvalue weighted by Crippen LogP contribution is -2.27. The van der Waals surface area contributed by atoms with E-state index in [2.05, 4.69) is 0 Å². The summed E-state index contributed by atoms with van der Waals surface area (Å²) in [4.78, 5) is 0.222. The van der Waals surface area contributed by atoms with Crippen LogP contribution in [0.25, 0.3) is 0 Å². The van der Waals surface area contributed by atoms with E-state index in [1.165, 1.54) is 0 Å². The normalized spacial score (nSPS) is 16.5. The third-order valence-corrected chi connectivity index (χ3v) is 4.34. The average molecular weight is 270 g/mol. The van der Waals surface area contributed by atoms with Gasteiger partial charge in [0.2, 0.25) is 0 Å². The predicted octanol–water partition coefficient (Wildman–Crippen LogP) is 2.13. The van der Waals surface area contributed by atoms with Gasteiger partial charge in [0.25, 0.3) is 10.1 Å². The molecule has 1 aliphatic rings. The van der Waals surface area contributed by atoms with Crippen molar-refractivity contribution in [3.05, 3.63) is 29.8 Å². The van der Waals surface area contributed by atoms with Gasteiger partial charge in [-0.15, -0.1) is 0 Å². The summed E-state index contributed by atoms with van der Waals surface area (Å²) in [5.74, 6) is 0.579. The van der Waals surface area contributed by atoms with Gasteiger partial charge in [0.15, 0.2) is 0 Å². The van der Waals surface area contributed by atoms with Crippen molar-refractivity contribution in [2.24, 2.45) is 5.92 Å². The fourth-order valence-electron chi connectivity index (χ4n) is 1.76. The summed E-state index contributed by atoms with van der Waals surface area (Å²) >= 11 is 0. The largest absolute Gasteiger partial charge is 0.381 e. The van der Waals surface area contributed by atoms with E-state index in [1.54, 1.807) is 24.3 Å². The van der Waals surface area contributed by atoms with Gasteiger partial charge >= 0.3 is 0 Å². The van der Waals surface area contributed by atoms with E-state index in [0.717, 1.165) is 31.6 Å². The maximum atomic E-state index is 11.8. The maximum absolute atomic E-state index is 11.8. The first-order chi connectivity index (χ1) is 8.58. The summed E-state index contributed by atoms with van der Waals surface area (Å²) < 4.78 is 33.7. The summed E-state index contributed by atoms with van der Waals surface area (Å²) in [6.07, 6.45) is 1.71. The molecule has 2 rings (SSSR count). The number of aryl methyl sites for hydroxylation is 1. The third-order valence-electron chi connectivity index (χ3n) is 3.01. The fourth-order valence-corrected chi connectivity index (χ4v) is 2.71. The van der Waals surface area contributed by atoms with Crippen LogP contribution in [0, 0.1) is 12.8 Å². The Morgan fingerprint density at radius 2 is 1.94 bits per heavy atom. The number of benzene rings is 1. The van der Waals surface area contributed by atoms with Crippen molar-refractivity contribution in [3.63, 3.8) is 0 Å². The zero-order chi connectivity index (χ0) is 13.0. The highest BCUT2D eigenvalue weighted by Crippen LogP contribution is 2.18. The minimum atomic E-state index is -3.59. The monoisotopic (exact) mass is 270 g/mol. The van der Waals surface area contributed by atoms with E-state index in [1.807, 2.05) is 6.92 Å². The molecule has 1 aromatic rings. The number of ether oxygens (including phenoxy) is 1. The first-order valence-electron chi connectivity index (χ1n) is 6.12. The molecule has 1 saturated heterocycles. The predicted molar refractivity (Wildman–Crippen MR) is 67.9 cm³/mol. The van der Waals surface area contributed by atoms with Gasteiger partial charge in [0, 0.05) is 5.92 Å². The Balaban J connectivity index is 1.81. The maximum Gasteiger partial charge on any atom is 0.296 e. The fraction of sp³-hybridized carbons (Fsp3) is 0.538. The molecule has 0 saturated carbocycles. The lowest BCUT2D eigenvalue weighted by atomic mass is 10.0. The average Bonchev–Trinajstić information content (AvgIpc) is 2.27. The van der Waals surface area contributed by atoms with Crippen LogP contribution in [0.2, 0.25) is 0 Å². The summed E-state index contributed by atoms with van der Waals surface area (Å²) in [6, 6.07) is 6.68. The zero-order valence-electron chi connectivity index (χ0n) is 10.5. The Labute approximate surface area is 108 Å². The number of hydrogen-bond donors (Lipinski definition) is 0. The van der Waals surface area contributed by atoms with Gasteiger partial charge in [0.1, 0.15) is 0 Å². The van der Waals surface area contributed by atoms with E-state index in [0.29, 0.717) is 5.92 Å². The van der Waals surface area contributed by atoms with Gasteiger partial charge in [0.05, 0.1) is 24.7 Å². The molecule has 1 aliphatic heterocycles. The molecular weight excluding hydrogens is 252 g/mol. The van der Waals surface area contributed by atoms with Crippen molar-refractivity contribution < 1.29 is 17.3 Å². The first-order valence-corrected chi connectivity index (χ1v) is 7.52. The van der Waals surface area contributed by atoms with Gasteiger partial charge in [-0.3, -0.25) is 4.18 Å². The molecule has 5 heteroatoms. The Kier molecular flexibility index (Phi) is 4.37. The lowest BCUT2D eigenvalue weighted by Gasteiger charge is -2.25. The Hall–Kier alpha value is -0.910. The highest BCUT2D eigenvalue weighted by atomic mass is 32.2. The van der Waals surface area contributed by atoms with Crippen molar-refractivity contribution in [3.8, 4) is 0 Å². The lowest BCUT2D eigenvalue weighted by molar-refractivity contribution is -0.0372. The van der Waals surface area contributed by atoms with Crippen molar-refractivity contribution in [2.75, 3.05) is 19.8 Å². The summed E-state index contributed by atoms with van der Waals surface area (Å²) in [6.45, 7) is 3.75. The van der Waals surface area contributed by atoms with Gasteiger partial charge in [-0.2, -0.15) is 8.42 Å². The summed E-state index contributed by atoms with van der Waals surface area (Å²) in [5.41, 5.74) is 1.03. The van der Waals surface area contributed by atoms with E-state index >= 15 is 0 Å². The van der Waals surface area contributed by atoms with Crippen LogP contribution in [-0.4, -0.2) is 28.2 Å². The van der Waals surface area contributed by atoms with Crippen LogP contribution in [0.1, 0.15) is 18.4 Å². The second-order valence-electron chi connectivity index (χ2n) is 4.63. The van der Waals surface area contributed by atoms with Crippen LogP contribution in [-0.2, 0) is 19.0 Å². The Bertz CT molecular complexity index is 474. The molecule has 1 heterocycles. The highest BCUT2D eigenvalue weighted by Gasteiger charge is 2.19. The zero-order valence-corrected chi connectivity index (χ0v) is 11.3. The van der Waals surface area contributed by atoms with Crippen molar-refractivity contribution in [1.29, 1.82) is 0 Å². The van der Waals surface area contributed by atoms with Gasteiger partial charge in [-0.05, 0) is 31.9 Å². The molecule has 0 aromatic heterocycles. The molecule has 100 valence electrons. The minimum absolute atomic E-state index is 0.222. The molecule has 1 aromatic carbocycles. The van der Waals surface area contributed by atoms with E-state index in [9.17, 15) is 8.42 Å². The molecule has 0 N–H and O–H groups in total. The molecule has 0 bridgehead atoms. The van der Waals surface area contributed by atoms with E-state index in [4.69, 9.17) is 8.92 Å². The quantitative estimate of drug-likeness (QED) is 0.587. The molecule has 0 atom stereocenters. The van der Waals surface area contributed by atoms with Crippen LogP contribution in [0.5, 0.6) is 0 Å². The molecule has 0 spiro atoms. The Morgan fingerprint density at radius 3 is 2.50 bits per heavy atom. The molecule has 0 unspecified atom stereocenters. The number of rotatable bonds is 6. The second-order valence-corrected chi connectivity index (χ2v) is 6.25. The molecule has 18 heavy (non-hydrogen) atoms. The third kappa shape index (κ3) is 3.54. The van der Waals surface area contributed by atoms with Crippen LogP contribution < -0.4 is 0 Å². The molecular formula is C13H18O4S. The minimum Gasteiger partial charge on any atom is -0.381 e. The summed E-state index contributed by atoms with van der Waals surface area (Å²) in [5, 5.41) is 0. The van der Waals surface area contributed by atoms with Gasteiger partial charge in [-0.25, -0.2) is 0 Å². The smallest absolute Gasteiger partial charge is 0.296 e.